The third-order valence-electron chi connectivity index (χ3n) is 4.22. The van der Waals surface area contributed by atoms with E-state index in [2.05, 4.69) is 20.5 Å². The van der Waals surface area contributed by atoms with Crippen LogP contribution < -0.4 is 16.4 Å². The maximum Gasteiger partial charge on any atom is 0.226 e. The molecule has 0 spiro atoms. The van der Waals surface area contributed by atoms with Crippen LogP contribution >= 0.6 is 11.6 Å². The number of carbonyl (C=O) groups is 1. The van der Waals surface area contributed by atoms with E-state index in [1.165, 1.54) is 0 Å². The minimum atomic E-state index is -0.0945. The number of morpholine rings is 1. The lowest BCUT2D eigenvalue weighted by Gasteiger charge is -2.26. The molecule has 7 nitrogen and oxygen atoms in total. The molecule has 1 amide bonds. The average Bonchev–Trinajstić information content (AvgIpc) is 2.63. The fourth-order valence-electron chi connectivity index (χ4n) is 2.63. The summed E-state index contributed by atoms with van der Waals surface area (Å²) in [6.07, 6.45) is 1.26. The molecule has 8 heteroatoms. The van der Waals surface area contributed by atoms with Gasteiger partial charge >= 0.3 is 0 Å². The lowest BCUT2D eigenvalue weighted by molar-refractivity contribution is -0.116. The number of carbonyl (C=O) groups excluding carboxylic acids is 1. The standard InChI is InChI=1S/C18H28ClN5O2/c1-14-15(19)4-2-5-16(14)23-17(25)6-8-22-18(20)21-7-3-9-24-10-12-26-13-11-24/h2,4-5H,3,6-13H2,1H3,(H,23,25)(H3,20,21,22). The molecule has 1 aliphatic heterocycles. The molecule has 0 unspecified atom stereocenters. The van der Waals surface area contributed by atoms with Gasteiger partial charge in [-0.25, -0.2) is 0 Å². The van der Waals surface area contributed by atoms with Crippen molar-refractivity contribution < 1.29 is 9.53 Å². The number of guanidine groups is 1. The molecule has 1 aliphatic rings. The molecule has 1 aromatic carbocycles. The highest BCUT2D eigenvalue weighted by Crippen LogP contribution is 2.22. The summed E-state index contributed by atoms with van der Waals surface area (Å²) in [5.74, 6) is 0.279. The largest absolute Gasteiger partial charge is 0.379 e. The van der Waals surface area contributed by atoms with Crippen molar-refractivity contribution in [3.05, 3.63) is 28.8 Å². The number of nitrogens with two attached hydrogens (primary N) is 1. The van der Waals surface area contributed by atoms with Gasteiger partial charge in [0.1, 0.15) is 0 Å². The number of nitrogens with one attached hydrogen (secondary N) is 2. The van der Waals surface area contributed by atoms with Gasteiger partial charge in [-0.1, -0.05) is 17.7 Å². The topological polar surface area (TPSA) is 92.0 Å². The number of nitrogens with zero attached hydrogens (tertiary/aromatic N) is 2. The zero-order valence-electron chi connectivity index (χ0n) is 15.3. The molecule has 4 N–H and O–H groups in total. The molecule has 1 saturated heterocycles. The van der Waals surface area contributed by atoms with Crippen molar-refractivity contribution in [2.45, 2.75) is 19.8 Å². The predicted molar refractivity (Wildman–Crippen MR) is 106 cm³/mol. The molecule has 2 rings (SSSR count). The van der Waals surface area contributed by atoms with E-state index in [0.717, 1.165) is 50.5 Å². The van der Waals surface area contributed by atoms with Crippen molar-refractivity contribution in [3.63, 3.8) is 0 Å². The van der Waals surface area contributed by atoms with Crippen LogP contribution in [-0.2, 0) is 9.53 Å². The Morgan fingerprint density at radius 1 is 1.38 bits per heavy atom. The Hall–Kier alpha value is -1.83. The highest BCUT2D eigenvalue weighted by atomic mass is 35.5. The van der Waals surface area contributed by atoms with E-state index < -0.39 is 0 Å². The van der Waals surface area contributed by atoms with Crippen LogP contribution in [0.3, 0.4) is 0 Å². The third kappa shape index (κ3) is 7.19. The Morgan fingerprint density at radius 3 is 2.92 bits per heavy atom. The van der Waals surface area contributed by atoms with Crippen LogP contribution in [0.25, 0.3) is 0 Å². The normalized spacial score (nSPS) is 15.7. The minimum absolute atomic E-state index is 0.0945. The van der Waals surface area contributed by atoms with Gasteiger partial charge in [0.25, 0.3) is 0 Å². The highest BCUT2D eigenvalue weighted by molar-refractivity contribution is 6.31. The number of halogens is 1. The fraction of sp³-hybridized carbons (Fsp3) is 0.556. The van der Waals surface area contributed by atoms with Gasteiger partial charge < -0.3 is 21.1 Å². The lowest BCUT2D eigenvalue weighted by atomic mass is 10.2. The van der Waals surface area contributed by atoms with Crippen molar-refractivity contribution in [3.8, 4) is 0 Å². The molecule has 1 heterocycles. The SMILES string of the molecule is Cc1c(Cl)cccc1NC(=O)CCNC(N)=NCCCN1CCOCC1. The number of aliphatic imine (C=N–C) groups is 1. The molecule has 0 aliphatic carbocycles. The van der Waals surface area contributed by atoms with Crippen LogP contribution in [0, 0.1) is 6.92 Å². The van der Waals surface area contributed by atoms with E-state index in [0.29, 0.717) is 30.5 Å². The second kappa shape index (κ2) is 11.0. The summed E-state index contributed by atoms with van der Waals surface area (Å²) in [5.41, 5.74) is 7.42. The van der Waals surface area contributed by atoms with Crippen molar-refractivity contribution >= 4 is 29.2 Å². The first kappa shape index (κ1) is 20.5. The number of ether oxygens (including phenoxy) is 1. The van der Waals surface area contributed by atoms with Crippen LogP contribution in [-0.4, -0.2) is 62.7 Å². The van der Waals surface area contributed by atoms with Gasteiger partial charge in [-0.2, -0.15) is 0 Å². The summed E-state index contributed by atoms with van der Waals surface area (Å²) < 4.78 is 5.32. The van der Waals surface area contributed by atoms with Crippen molar-refractivity contribution in [1.29, 1.82) is 0 Å². The number of hydrogen-bond donors (Lipinski definition) is 3. The number of amides is 1. The maximum absolute atomic E-state index is 12.0. The molecule has 144 valence electrons. The Bertz CT molecular complexity index is 618. The number of rotatable bonds is 8. The second-order valence-corrected chi connectivity index (χ2v) is 6.62. The lowest BCUT2D eigenvalue weighted by Crippen LogP contribution is -2.37. The first-order valence-electron chi connectivity index (χ1n) is 8.95. The number of benzene rings is 1. The molecular weight excluding hydrogens is 354 g/mol. The fourth-order valence-corrected chi connectivity index (χ4v) is 2.81. The Kier molecular flexibility index (Phi) is 8.67. The Labute approximate surface area is 159 Å². The maximum atomic E-state index is 12.0. The average molecular weight is 382 g/mol. The minimum Gasteiger partial charge on any atom is -0.379 e. The van der Waals surface area contributed by atoms with Crippen LogP contribution in [0.1, 0.15) is 18.4 Å². The van der Waals surface area contributed by atoms with Gasteiger partial charge in [0.05, 0.1) is 13.2 Å². The highest BCUT2D eigenvalue weighted by Gasteiger charge is 2.09. The third-order valence-corrected chi connectivity index (χ3v) is 4.63. The van der Waals surface area contributed by atoms with Crippen LogP contribution in [0.5, 0.6) is 0 Å². The first-order chi connectivity index (χ1) is 12.6. The van der Waals surface area contributed by atoms with Crippen LogP contribution in [0.15, 0.2) is 23.2 Å². The summed E-state index contributed by atoms with van der Waals surface area (Å²) in [7, 11) is 0. The summed E-state index contributed by atoms with van der Waals surface area (Å²) in [5, 5.41) is 6.46. The van der Waals surface area contributed by atoms with Gasteiger partial charge in [-0.3, -0.25) is 14.7 Å². The Morgan fingerprint density at radius 2 is 2.15 bits per heavy atom. The zero-order chi connectivity index (χ0) is 18.8. The van der Waals surface area contributed by atoms with E-state index in [-0.39, 0.29) is 5.91 Å². The molecular formula is C18H28ClN5O2. The predicted octanol–water partition coefficient (Wildman–Crippen LogP) is 1.60. The Balaban J connectivity index is 1.60. The molecule has 0 aromatic heterocycles. The molecule has 1 fully saturated rings. The number of hydrogen-bond acceptors (Lipinski definition) is 4. The number of anilines is 1. The van der Waals surface area contributed by atoms with E-state index in [9.17, 15) is 4.79 Å². The molecule has 1 aromatic rings. The van der Waals surface area contributed by atoms with Gasteiger partial charge in [0.15, 0.2) is 5.96 Å². The second-order valence-electron chi connectivity index (χ2n) is 6.21. The van der Waals surface area contributed by atoms with Gasteiger partial charge in [-0.05, 0) is 31.0 Å². The molecule has 0 radical (unpaired) electrons. The van der Waals surface area contributed by atoms with E-state index >= 15 is 0 Å². The summed E-state index contributed by atoms with van der Waals surface area (Å²) in [6, 6.07) is 5.44. The van der Waals surface area contributed by atoms with Gasteiger partial charge in [0.2, 0.25) is 5.91 Å². The summed E-state index contributed by atoms with van der Waals surface area (Å²) in [4.78, 5) is 18.7. The zero-order valence-corrected chi connectivity index (χ0v) is 16.0. The quantitative estimate of drug-likeness (QED) is 0.361. The summed E-state index contributed by atoms with van der Waals surface area (Å²) >= 11 is 6.05. The van der Waals surface area contributed by atoms with E-state index in [4.69, 9.17) is 22.1 Å². The molecule has 26 heavy (non-hydrogen) atoms. The smallest absolute Gasteiger partial charge is 0.226 e. The van der Waals surface area contributed by atoms with Gasteiger partial charge in [0, 0.05) is 49.9 Å². The molecule has 0 atom stereocenters. The van der Waals surface area contributed by atoms with Crippen LogP contribution in [0.2, 0.25) is 5.02 Å². The van der Waals surface area contributed by atoms with Crippen LogP contribution in [0.4, 0.5) is 5.69 Å². The first-order valence-corrected chi connectivity index (χ1v) is 9.33. The summed E-state index contributed by atoms with van der Waals surface area (Å²) in [6.45, 7) is 7.57. The molecule has 0 bridgehead atoms. The van der Waals surface area contributed by atoms with Crippen molar-refractivity contribution in [2.75, 3.05) is 51.3 Å². The van der Waals surface area contributed by atoms with E-state index in [1.807, 2.05) is 19.1 Å². The molecule has 0 saturated carbocycles. The van der Waals surface area contributed by atoms with Gasteiger partial charge in [-0.15, -0.1) is 0 Å². The monoisotopic (exact) mass is 381 g/mol. The van der Waals surface area contributed by atoms with Crippen molar-refractivity contribution in [1.82, 2.24) is 10.2 Å². The van der Waals surface area contributed by atoms with Crippen molar-refractivity contribution in [2.24, 2.45) is 10.7 Å². The van der Waals surface area contributed by atoms with E-state index in [1.54, 1.807) is 6.07 Å².